The predicted octanol–water partition coefficient (Wildman–Crippen LogP) is 3.44. The lowest BCUT2D eigenvalue weighted by atomic mass is 9.71. The molecule has 0 bridgehead atoms. The largest absolute Gasteiger partial charge is 0.493 e. The zero-order valence-electron chi connectivity index (χ0n) is 16.5. The monoisotopic (exact) mass is 400 g/mol. The number of nitrogens with zero attached hydrogens (tertiary/aromatic N) is 1. The summed E-state index contributed by atoms with van der Waals surface area (Å²) in [6.07, 6.45) is 2.55. The minimum absolute atomic E-state index is 0.0619. The standard InChI is InChI=1S/C21H24N2O6/c1-27-11-12-29-19-14-17(23(25)26)16(13-18(19)28-2)20(24)22-21(9-6-10-21)15-7-4-3-5-8-15/h3-5,7-8,13-14H,6,9-12H2,1-2H3,(H,22,24). The van der Waals surface area contributed by atoms with E-state index in [0.29, 0.717) is 6.61 Å². The number of benzene rings is 2. The van der Waals surface area contributed by atoms with Gasteiger partial charge in [-0.05, 0) is 24.8 Å². The van der Waals surface area contributed by atoms with Gasteiger partial charge in [0.05, 0.1) is 30.2 Å². The fourth-order valence-corrected chi connectivity index (χ4v) is 3.45. The first-order valence-electron chi connectivity index (χ1n) is 9.37. The third kappa shape index (κ3) is 4.32. The van der Waals surface area contributed by atoms with Crippen LogP contribution in [0.4, 0.5) is 5.69 Å². The van der Waals surface area contributed by atoms with E-state index < -0.39 is 16.4 Å². The summed E-state index contributed by atoms with van der Waals surface area (Å²) in [6, 6.07) is 12.2. The van der Waals surface area contributed by atoms with E-state index in [0.717, 1.165) is 24.8 Å². The number of carbonyl (C=O) groups excluding carboxylic acids is 1. The van der Waals surface area contributed by atoms with E-state index in [1.165, 1.54) is 26.4 Å². The zero-order chi connectivity index (χ0) is 20.9. The first-order chi connectivity index (χ1) is 14.0. The molecule has 0 aliphatic heterocycles. The van der Waals surface area contributed by atoms with Crippen molar-refractivity contribution in [1.29, 1.82) is 0 Å². The van der Waals surface area contributed by atoms with Gasteiger partial charge in [0, 0.05) is 13.2 Å². The smallest absolute Gasteiger partial charge is 0.286 e. The first-order valence-corrected chi connectivity index (χ1v) is 9.37. The fraction of sp³-hybridized carbons (Fsp3) is 0.381. The van der Waals surface area contributed by atoms with E-state index in [-0.39, 0.29) is 29.4 Å². The van der Waals surface area contributed by atoms with Crippen LogP contribution in [-0.2, 0) is 10.3 Å². The highest BCUT2D eigenvalue weighted by Crippen LogP contribution is 2.42. The second-order valence-corrected chi connectivity index (χ2v) is 6.87. The normalized spacial score (nSPS) is 14.6. The molecule has 1 aliphatic rings. The van der Waals surface area contributed by atoms with Crippen molar-refractivity contribution in [3.8, 4) is 11.5 Å². The summed E-state index contributed by atoms with van der Waals surface area (Å²) in [7, 11) is 2.95. The van der Waals surface area contributed by atoms with Gasteiger partial charge in [0.25, 0.3) is 11.6 Å². The van der Waals surface area contributed by atoms with Crippen LogP contribution in [0.15, 0.2) is 42.5 Å². The topological polar surface area (TPSA) is 99.9 Å². The van der Waals surface area contributed by atoms with Gasteiger partial charge < -0.3 is 19.5 Å². The summed E-state index contributed by atoms with van der Waals surface area (Å²) < 4.78 is 15.7. The summed E-state index contributed by atoms with van der Waals surface area (Å²) in [6.45, 7) is 0.519. The SMILES string of the molecule is COCCOc1cc([N+](=O)[O-])c(C(=O)NC2(c3ccccc3)CCC2)cc1OC. The minimum Gasteiger partial charge on any atom is -0.493 e. The Morgan fingerprint density at radius 3 is 2.41 bits per heavy atom. The van der Waals surface area contributed by atoms with Crippen LogP contribution >= 0.6 is 0 Å². The molecule has 29 heavy (non-hydrogen) atoms. The maximum absolute atomic E-state index is 13.1. The van der Waals surface area contributed by atoms with Crippen molar-refractivity contribution in [2.24, 2.45) is 0 Å². The molecule has 0 atom stereocenters. The third-order valence-electron chi connectivity index (χ3n) is 5.15. The molecule has 8 nitrogen and oxygen atoms in total. The van der Waals surface area contributed by atoms with E-state index in [1.807, 2.05) is 30.3 Å². The van der Waals surface area contributed by atoms with Gasteiger partial charge in [-0.25, -0.2) is 0 Å². The number of methoxy groups -OCH3 is 2. The van der Waals surface area contributed by atoms with Crippen LogP contribution in [0.2, 0.25) is 0 Å². The summed E-state index contributed by atoms with van der Waals surface area (Å²) in [5.41, 5.74) is 0.0905. The molecule has 0 radical (unpaired) electrons. The molecule has 2 aromatic carbocycles. The van der Waals surface area contributed by atoms with Crippen LogP contribution in [0.5, 0.6) is 11.5 Å². The first kappa shape index (κ1) is 20.6. The molecule has 3 rings (SSSR count). The van der Waals surface area contributed by atoms with Crippen molar-refractivity contribution < 1.29 is 23.9 Å². The molecule has 1 aliphatic carbocycles. The van der Waals surface area contributed by atoms with E-state index in [4.69, 9.17) is 14.2 Å². The molecule has 8 heteroatoms. The number of nitro groups is 1. The lowest BCUT2D eigenvalue weighted by molar-refractivity contribution is -0.385. The van der Waals surface area contributed by atoms with E-state index >= 15 is 0 Å². The average molecular weight is 400 g/mol. The Hall–Kier alpha value is -3.13. The van der Waals surface area contributed by atoms with Gasteiger partial charge >= 0.3 is 0 Å². The molecule has 154 valence electrons. The number of hydrogen-bond acceptors (Lipinski definition) is 6. The summed E-state index contributed by atoms with van der Waals surface area (Å²) in [5, 5.41) is 14.7. The molecule has 1 N–H and O–H groups in total. The molecule has 1 amide bonds. The fourth-order valence-electron chi connectivity index (χ4n) is 3.45. The summed E-state index contributed by atoms with van der Waals surface area (Å²) in [5.74, 6) is -0.0737. The minimum atomic E-state index is -0.590. The Morgan fingerprint density at radius 1 is 1.14 bits per heavy atom. The Balaban J connectivity index is 1.92. The summed E-state index contributed by atoms with van der Waals surface area (Å²) in [4.78, 5) is 24.1. The molecule has 0 unspecified atom stereocenters. The number of amides is 1. The van der Waals surface area contributed by atoms with Crippen molar-refractivity contribution in [1.82, 2.24) is 5.32 Å². The van der Waals surface area contributed by atoms with Crippen molar-refractivity contribution in [2.75, 3.05) is 27.4 Å². The number of rotatable bonds is 9. The number of nitrogens with one attached hydrogen (secondary N) is 1. The Morgan fingerprint density at radius 2 is 1.86 bits per heavy atom. The van der Waals surface area contributed by atoms with Gasteiger partial charge in [-0.3, -0.25) is 14.9 Å². The number of nitro benzene ring substituents is 1. The molecular weight excluding hydrogens is 376 g/mol. The highest BCUT2D eigenvalue weighted by Gasteiger charge is 2.41. The van der Waals surface area contributed by atoms with Crippen LogP contribution in [0.3, 0.4) is 0 Å². The van der Waals surface area contributed by atoms with E-state index in [2.05, 4.69) is 5.32 Å². The average Bonchev–Trinajstić information content (AvgIpc) is 2.70. The maximum atomic E-state index is 13.1. The van der Waals surface area contributed by atoms with E-state index in [9.17, 15) is 14.9 Å². The van der Waals surface area contributed by atoms with E-state index in [1.54, 1.807) is 0 Å². The molecule has 1 saturated carbocycles. The van der Waals surface area contributed by atoms with Gasteiger partial charge in [-0.1, -0.05) is 30.3 Å². The highest BCUT2D eigenvalue weighted by molar-refractivity contribution is 5.99. The van der Waals surface area contributed by atoms with Gasteiger partial charge in [0.1, 0.15) is 12.2 Å². The zero-order valence-corrected chi connectivity index (χ0v) is 16.5. The molecule has 1 fully saturated rings. The van der Waals surface area contributed by atoms with Crippen molar-refractivity contribution in [2.45, 2.75) is 24.8 Å². The Bertz CT molecular complexity index is 880. The van der Waals surface area contributed by atoms with Gasteiger partial charge in [0.15, 0.2) is 11.5 Å². The third-order valence-corrected chi connectivity index (χ3v) is 5.15. The van der Waals surface area contributed by atoms with Crippen molar-refractivity contribution >= 4 is 11.6 Å². The maximum Gasteiger partial charge on any atom is 0.286 e. The summed E-state index contributed by atoms with van der Waals surface area (Å²) >= 11 is 0. The molecule has 0 saturated heterocycles. The number of hydrogen-bond donors (Lipinski definition) is 1. The van der Waals surface area contributed by atoms with Gasteiger partial charge in [0.2, 0.25) is 0 Å². The van der Waals surface area contributed by atoms with Gasteiger partial charge in [-0.15, -0.1) is 0 Å². The second kappa shape index (κ2) is 8.91. The van der Waals surface area contributed by atoms with Crippen LogP contribution in [-0.4, -0.2) is 38.3 Å². The van der Waals surface area contributed by atoms with Crippen LogP contribution in [0.1, 0.15) is 35.2 Å². The lowest BCUT2D eigenvalue weighted by Gasteiger charge is -2.43. The van der Waals surface area contributed by atoms with Crippen LogP contribution < -0.4 is 14.8 Å². The number of carbonyl (C=O) groups is 1. The Labute approximate surface area is 168 Å². The molecule has 0 spiro atoms. The number of ether oxygens (including phenoxy) is 3. The Kier molecular flexibility index (Phi) is 6.33. The van der Waals surface area contributed by atoms with Crippen molar-refractivity contribution in [3.63, 3.8) is 0 Å². The van der Waals surface area contributed by atoms with Crippen LogP contribution in [0, 0.1) is 10.1 Å². The second-order valence-electron chi connectivity index (χ2n) is 6.87. The predicted molar refractivity (Wildman–Crippen MR) is 106 cm³/mol. The molecule has 0 aromatic heterocycles. The van der Waals surface area contributed by atoms with Crippen molar-refractivity contribution in [3.05, 3.63) is 63.7 Å². The van der Waals surface area contributed by atoms with Gasteiger partial charge in [-0.2, -0.15) is 0 Å². The highest BCUT2D eigenvalue weighted by atomic mass is 16.6. The molecule has 2 aromatic rings. The lowest BCUT2D eigenvalue weighted by Crippen LogP contribution is -2.50. The molecule has 0 heterocycles. The molecular formula is C21H24N2O6. The van der Waals surface area contributed by atoms with Crippen LogP contribution in [0.25, 0.3) is 0 Å². The quantitative estimate of drug-likeness (QED) is 0.393.